The average molecular weight is 189 g/mol. The molecule has 0 rings (SSSR count). The molecule has 64 valence electrons. The maximum atomic E-state index is 9.01. The Balaban J connectivity index is 0. The summed E-state index contributed by atoms with van der Waals surface area (Å²) in [4.78, 5) is 0. The summed E-state index contributed by atoms with van der Waals surface area (Å²) < 4.78 is 0.583. The van der Waals surface area contributed by atoms with Gasteiger partial charge in [0.1, 0.15) is 6.10 Å². The number of nitrogens with zero attached hydrogens (tertiary/aromatic N) is 1. The highest BCUT2D eigenvalue weighted by molar-refractivity contribution is 6.19. The van der Waals surface area contributed by atoms with Crippen molar-refractivity contribution >= 4 is 24.0 Å². The molecule has 0 radical (unpaired) electrons. The van der Waals surface area contributed by atoms with Gasteiger partial charge in [-0.3, -0.25) is 0 Å². The van der Waals surface area contributed by atoms with Crippen molar-refractivity contribution in [1.82, 2.24) is 0 Å². The number of hydrogen-bond acceptors (Lipinski definition) is 1. The fraction of sp³-hybridized carbons (Fsp3) is 1.00. The van der Waals surface area contributed by atoms with Crippen LogP contribution < -0.4 is 0 Å². The SMILES string of the molecule is CC(O)C(Cl)[N+](C)(C)C.Cl. The van der Waals surface area contributed by atoms with E-state index in [1.807, 2.05) is 21.1 Å². The standard InChI is InChI=1S/C6H15ClNO.ClH/c1-5(9)6(7)8(2,3)4;/h5-6,9H,1-4H3;1H/q+1;. The molecule has 0 aromatic rings. The number of aliphatic hydroxyl groups excluding tert-OH is 1. The Morgan fingerprint density at radius 1 is 1.30 bits per heavy atom. The predicted molar refractivity (Wildman–Crippen MR) is 46.6 cm³/mol. The van der Waals surface area contributed by atoms with Crippen molar-refractivity contribution < 1.29 is 9.59 Å². The average Bonchev–Trinajstić information content (AvgIpc) is 1.62. The summed E-state index contributed by atoms with van der Waals surface area (Å²) in [6.07, 6.45) is -0.452. The molecule has 1 N–H and O–H groups in total. The van der Waals surface area contributed by atoms with E-state index >= 15 is 0 Å². The highest BCUT2D eigenvalue weighted by Crippen LogP contribution is 2.11. The lowest BCUT2D eigenvalue weighted by molar-refractivity contribution is -0.885. The molecule has 0 aliphatic heterocycles. The minimum Gasteiger partial charge on any atom is -0.386 e. The van der Waals surface area contributed by atoms with E-state index in [2.05, 4.69) is 0 Å². The van der Waals surface area contributed by atoms with Gasteiger partial charge in [0, 0.05) is 0 Å². The Morgan fingerprint density at radius 2 is 1.60 bits per heavy atom. The number of likely N-dealkylation sites (N-methyl/N-ethyl adjacent to an activating group) is 1. The monoisotopic (exact) mass is 188 g/mol. The van der Waals surface area contributed by atoms with Crippen molar-refractivity contribution in [3.8, 4) is 0 Å². The van der Waals surface area contributed by atoms with E-state index in [9.17, 15) is 0 Å². The lowest BCUT2D eigenvalue weighted by Crippen LogP contribution is -2.47. The van der Waals surface area contributed by atoms with Crippen LogP contribution in [0.15, 0.2) is 0 Å². The van der Waals surface area contributed by atoms with E-state index in [1.165, 1.54) is 0 Å². The fourth-order valence-electron chi connectivity index (χ4n) is 0.647. The Labute approximate surface area is 73.8 Å². The van der Waals surface area contributed by atoms with E-state index < -0.39 is 6.10 Å². The first-order valence-electron chi connectivity index (χ1n) is 2.99. The number of hydrogen-bond donors (Lipinski definition) is 1. The molecule has 0 aromatic heterocycles. The van der Waals surface area contributed by atoms with E-state index in [1.54, 1.807) is 6.92 Å². The van der Waals surface area contributed by atoms with Gasteiger partial charge in [-0.05, 0) is 6.92 Å². The van der Waals surface area contributed by atoms with E-state index in [-0.39, 0.29) is 17.9 Å². The Hall–Kier alpha value is 0.500. The first-order valence-corrected chi connectivity index (χ1v) is 3.42. The third-order valence-electron chi connectivity index (χ3n) is 1.14. The zero-order chi connectivity index (χ0) is 7.65. The van der Waals surface area contributed by atoms with Crippen LogP contribution in [-0.4, -0.2) is 42.3 Å². The highest BCUT2D eigenvalue weighted by atomic mass is 35.5. The summed E-state index contributed by atoms with van der Waals surface area (Å²) in [5.74, 6) is 0. The van der Waals surface area contributed by atoms with Gasteiger partial charge in [-0.25, -0.2) is 0 Å². The first kappa shape index (κ1) is 13.1. The number of quaternary nitrogens is 1. The van der Waals surface area contributed by atoms with Crippen molar-refractivity contribution in [3.63, 3.8) is 0 Å². The summed E-state index contributed by atoms with van der Waals surface area (Å²) in [5, 5.41) is 9.01. The van der Waals surface area contributed by atoms with Crippen LogP contribution in [0.25, 0.3) is 0 Å². The summed E-state index contributed by atoms with van der Waals surface area (Å²) in [7, 11) is 5.85. The Morgan fingerprint density at radius 3 is 1.60 bits per heavy atom. The molecule has 0 aromatic carbocycles. The molecule has 10 heavy (non-hydrogen) atoms. The van der Waals surface area contributed by atoms with Gasteiger partial charge in [-0.2, -0.15) is 0 Å². The minimum atomic E-state index is -0.452. The third-order valence-corrected chi connectivity index (χ3v) is 2.09. The van der Waals surface area contributed by atoms with Crippen LogP contribution in [0.5, 0.6) is 0 Å². The van der Waals surface area contributed by atoms with Gasteiger partial charge in [0.2, 0.25) is 0 Å². The molecule has 0 bridgehead atoms. The van der Waals surface area contributed by atoms with Crippen molar-refractivity contribution in [2.75, 3.05) is 21.1 Å². The van der Waals surface area contributed by atoms with Crippen LogP contribution in [0.4, 0.5) is 0 Å². The molecule has 0 amide bonds. The molecule has 2 nitrogen and oxygen atoms in total. The number of rotatable bonds is 2. The van der Waals surface area contributed by atoms with Gasteiger partial charge in [0.25, 0.3) is 0 Å². The van der Waals surface area contributed by atoms with E-state index in [4.69, 9.17) is 16.7 Å². The molecule has 0 saturated heterocycles. The smallest absolute Gasteiger partial charge is 0.190 e. The van der Waals surface area contributed by atoms with E-state index in [0.29, 0.717) is 4.48 Å². The predicted octanol–water partition coefficient (Wildman–Crippen LogP) is 1.06. The summed E-state index contributed by atoms with van der Waals surface area (Å²) >= 11 is 5.81. The van der Waals surface area contributed by atoms with Gasteiger partial charge in [0.15, 0.2) is 5.50 Å². The molecule has 0 heterocycles. The van der Waals surface area contributed by atoms with Crippen LogP contribution in [0.1, 0.15) is 6.92 Å². The second-order valence-corrected chi connectivity index (χ2v) is 3.68. The Bertz CT molecular complexity index is 90.2. The maximum Gasteiger partial charge on any atom is 0.190 e. The Kier molecular flexibility index (Phi) is 5.76. The molecule has 0 fully saturated rings. The summed E-state index contributed by atoms with van der Waals surface area (Å²) in [6.45, 7) is 1.70. The lowest BCUT2D eigenvalue weighted by atomic mass is 10.3. The van der Waals surface area contributed by atoms with E-state index in [0.717, 1.165) is 0 Å². The number of aliphatic hydroxyl groups is 1. The molecule has 0 saturated carbocycles. The lowest BCUT2D eigenvalue weighted by Gasteiger charge is -2.31. The fourth-order valence-corrected chi connectivity index (χ4v) is 0.647. The zero-order valence-corrected chi connectivity index (χ0v) is 8.41. The van der Waals surface area contributed by atoms with Crippen molar-refractivity contribution in [1.29, 1.82) is 0 Å². The van der Waals surface area contributed by atoms with Crippen LogP contribution >= 0.6 is 24.0 Å². The summed E-state index contributed by atoms with van der Waals surface area (Å²) in [6, 6.07) is 0. The topological polar surface area (TPSA) is 20.2 Å². The first-order chi connectivity index (χ1) is 3.85. The number of halogens is 2. The largest absolute Gasteiger partial charge is 0.386 e. The van der Waals surface area contributed by atoms with Crippen LogP contribution in [-0.2, 0) is 0 Å². The van der Waals surface area contributed by atoms with Gasteiger partial charge in [-0.15, -0.1) is 12.4 Å². The molecule has 2 atom stereocenters. The maximum absolute atomic E-state index is 9.01. The van der Waals surface area contributed by atoms with Crippen LogP contribution in [0.3, 0.4) is 0 Å². The second kappa shape index (κ2) is 4.39. The minimum absolute atomic E-state index is 0. The van der Waals surface area contributed by atoms with Crippen molar-refractivity contribution in [3.05, 3.63) is 0 Å². The highest BCUT2D eigenvalue weighted by Gasteiger charge is 2.25. The normalized spacial score (nSPS) is 17.4. The van der Waals surface area contributed by atoms with Gasteiger partial charge >= 0.3 is 0 Å². The number of alkyl halides is 1. The van der Waals surface area contributed by atoms with Crippen LogP contribution in [0.2, 0.25) is 0 Å². The third kappa shape index (κ3) is 4.34. The summed E-state index contributed by atoms with van der Waals surface area (Å²) in [5.41, 5.74) is -0.218. The van der Waals surface area contributed by atoms with Gasteiger partial charge in [-0.1, -0.05) is 11.6 Å². The molecule has 4 heteroatoms. The zero-order valence-electron chi connectivity index (χ0n) is 6.84. The van der Waals surface area contributed by atoms with Crippen molar-refractivity contribution in [2.45, 2.75) is 18.5 Å². The van der Waals surface area contributed by atoms with Gasteiger partial charge < -0.3 is 9.59 Å². The molecule has 0 spiro atoms. The molecular formula is C6H16Cl2NO+. The molecular weight excluding hydrogens is 173 g/mol. The van der Waals surface area contributed by atoms with Crippen LogP contribution in [0, 0.1) is 0 Å². The molecule has 0 aliphatic carbocycles. The quantitative estimate of drug-likeness (QED) is 0.391. The molecule has 0 aliphatic rings. The second-order valence-electron chi connectivity index (χ2n) is 3.23. The van der Waals surface area contributed by atoms with Crippen molar-refractivity contribution in [2.24, 2.45) is 0 Å². The van der Waals surface area contributed by atoms with Gasteiger partial charge in [0.05, 0.1) is 21.1 Å². The molecule has 2 unspecified atom stereocenters.